The summed E-state index contributed by atoms with van der Waals surface area (Å²) in [5.41, 5.74) is 2.04. The number of hydrogen-bond acceptors (Lipinski definition) is 4. The normalized spacial score (nSPS) is 16.7. The molecule has 1 aromatic carbocycles. The highest BCUT2D eigenvalue weighted by Crippen LogP contribution is 2.11. The maximum Gasteiger partial charge on any atom is 0.253 e. The van der Waals surface area contributed by atoms with Gasteiger partial charge in [0.2, 0.25) is 0 Å². The molecule has 1 aliphatic heterocycles. The molecule has 0 saturated carbocycles. The summed E-state index contributed by atoms with van der Waals surface area (Å²) in [6.45, 7) is 6.99. The smallest absolute Gasteiger partial charge is 0.253 e. The Morgan fingerprint density at radius 2 is 1.82 bits per heavy atom. The lowest BCUT2D eigenvalue weighted by Crippen LogP contribution is -2.43. The van der Waals surface area contributed by atoms with Crippen molar-refractivity contribution in [3.05, 3.63) is 35.4 Å². The van der Waals surface area contributed by atoms with Crippen molar-refractivity contribution < 1.29 is 4.79 Å². The standard InChI is InChI=1S/C17H28N4O/c1-18-8-9-20(3)17(22)16-6-4-15(5-7-16)14-21-12-10-19(2)11-13-21/h4-7,18H,8-14H2,1-3H3. The summed E-state index contributed by atoms with van der Waals surface area (Å²) < 4.78 is 0. The van der Waals surface area contributed by atoms with E-state index in [1.165, 1.54) is 5.56 Å². The highest BCUT2D eigenvalue weighted by Gasteiger charge is 2.15. The van der Waals surface area contributed by atoms with E-state index in [9.17, 15) is 4.79 Å². The lowest BCUT2D eigenvalue weighted by molar-refractivity contribution is 0.0797. The van der Waals surface area contributed by atoms with E-state index in [-0.39, 0.29) is 5.91 Å². The number of hydrogen-bond donors (Lipinski definition) is 1. The number of likely N-dealkylation sites (N-methyl/N-ethyl adjacent to an activating group) is 3. The SMILES string of the molecule is CNCCN(C)C(=O)c1ccc(CN2CCN(C)CC2)cc1. The second-order valence-corrected chi connectivity index (χ2v) is 6.11. The van der Waals surface area contributed by atoms with Gasteiger partial charge in [-0.05, 0) is 31.8 Å². The van der Waals surface area contributed by atoms with E-state index in [1.807, 2.05) is 26.2 Å². The first kappa shape index (κ1) is 16.9. The molecule has 0 unspecified atom stereocenters. The van der Waals surface area contributed by atoms with Crippen molar-refractivity contribution in [3.63, 3.8) is 0 Å². The average Bonchev–Trinajstić information content (AvgIpc) is 2.55. The van der Waals surface area contributed by atoms with Crippen LogP contribution in [0.1, 0.15) is 15.9 Å². The van der Waals surface area contributed by atoms with Gasteiger partial charge in [-0.2, -0.15) is 0 Å². The maximum absolute atomic E-state index is 12.3. The van der Waals surface area contributed by atoms with Crippen LogP contribution >= 0.6 is 0 Å². The van der Waals surface area contributed by atoms with Crippen molar-refractivity contribution in [2.45, 2.75) is 6.54 Å². The maximum atomic E-state index is 12.3. The summed E-state index contributed by atoms with van der Waals surface area (Å²) in [6, 6.07) is 8.06. The number of nitrogens with one attached hydrogen (secondary N) is 1. The third-order valence-electron chi connectivity index (χ3n) is 4.25. The first-order valence-electron chi connectivity index (χ1n) is 8.00. The Bertz CT molecular complexity index is 466. The molecule has 0 aromatic heterocycles. The van der Waals surface area contributed by atoms with Crippen LogP contribution in [0.3, 0.4) is 0 Å². The summed E-state index contributed by atoms with van der Waals surface area (Å²) in [6.07, 6.45) is 0. The van der Waals surface area contributed by atoms with Crippen molar-refractivity contribution in [2.75, 3.05) is 60.4 Å². The van der Waals surface area contributed by atoms with Crippen LogP contribution in [0.4, 0.5) is 0 Å². The molecule has 22 heavy (non-hydrogen) atoms. The molecule has 0 atom stereocenters. The van der Waals surface area contributed by atoms with Gasteiger partial charge in [0.05, 0.1) is 0 Å². The predicted octanol–water partition coefficient (Wildman–Crippen LogP) is 0.725. The summed E-state index contributed by atoms with van der Waals surface area (Å²) in [5.74, 6) is 0.0846. The molecular formula is C17H28N4O. The fourth-order valence-corrected chi connectivity index (χ4v) is 2.62. The van der Waals surface area contributed by atoms with Gasteiger partial charge in [0.1, 0.15) is 0 Å². The summed E-state index contributed by atoms with van der Waals surface area (Å²) in [7, 11) is 5.91. The molecule has 0 spiro atoms. The Morgan fingerprint density at radius 3 is 2.41 bits per heavy atom. The molecule has 1 N–H and O–H groups in total. The number of rotatable bonds is 6. The number of carbonyl (C=O) groups is 1. The van der Waals surface area contributed by atoms with Crippen molar-refractivity contribution in [1.82, 2.24) is 20.0 Å². The zero-order valence-electron chi connectivity index (χ0n) is 14.0. The van der Waals surface area contributed by atoms with E-state index in [0.29, 0.717) is 0 Å². The Labute approximate surface area is 133 Å². The molecule has 1 saturated heterocycles. The van der Waals surface area contributed by atoms with Crippen molar-refractivity contribution >= 4 is 5.91 Å². The molecule has 5 nitrogen and oxygen atoms in total. The third kappa shape index (κ3) is 4.80. The van der Waals surface area contributed by atoms with E-state index >= 15 is 0 Å². The Balaban J connectivity index is 1.88. The zero-order chi connectivity index (χ0) is 15.9. The second kappa shape index (κ2) is 8.27. The lowest BCUT2D eigenvalue weighted by Gasteiger charge is -2.32. The second-order valence-electron chi connectivity index (χ2n) is 6.11. The summed E-state index contributed by atoms with van der Waals surface area (Å²) >= 11 is 0. The quantitative estimate of drug-likeness (QED) is 0.841. The molecule has 0 aliphatic carbocycles. The number of carbonyl (C=O) groups excluding carboxylic acids is 1. The van der Waals surface area contributed by atoms with Gasteiger partial charge in [-0.25, -0.2) is 0 Å². The highest BCUT2D eigenvalue weighted by atomic mass is 16.2. The van der Waals surface area contributed by atoms with Gasteiger partial charge in [-0.15, -0.1) is 0 Å². The fourth-order valence-electron chi connectivity index (χ4n) is 2.62. The number of piperazine rings is 1. The fraction of sp³-hybridized carbons (Fsp3) is 0.588. The van der Waals surface area contributed by atoms with Gasteiger partial charge in [0.15, 0.2) is 0 Å². The van der Waals surface area contributed by atoms with Crippen LogP contribution in [-0.4, -0.2) is 81.0 Å². The minimum atomic E-state index is 0.0846. The van der Waals surface area contributed by atoms with Crippen LogP contribution in [0.25, 0.3) is 0 Å². The van der Waals surface area contributed by atoms with Crippen molar-refractivity contribution in [1.29, 1.82) is 0 Å². The van der Waals surface area contributed by atoms with E-state index in [2.05, 4.69) is 34.3 Å². The van der Waals surface area contributed by atoms with Crippen LogP contribution in [0.15, 0.2) is 24.3 Å². The highest BCUT2D eigenvalue weighted by molar-refractivity contribution is 5.94. The van der Waals surface area contributed by atoms with E-state index in [4.69, 9.17) is 0 Å². The van der Waals surface area contributed by atoms with Gasteiger partial charge in [-0.3, -0.25) is 9.69 Å². The van der Waals surface area contributed by atoms with Crippen LogP contribution in [0, 0.1) is 0 Å². The third-order valence-corrected chi connectivity index (χ3v) is 4.25. The number of benzene rings is 1. The Hall–Kier alpha value is -1.43. The molecule has 2 rings (SSSR count). The van der Waals surface area contributed by atoms with Gasteiger partial charge >= 0.3 is 0 Å². The van der Waals surface area contributed by atoms with E-state index in [0.717, 1.165) is 51.4 Å². The van der Waals surface area contributed by atoms with Gasteiger partial charge in [-0.1, -0.05) is 12.1 Å². The molecule has 1 amide bonds. The molecule has 122 valence electrons. The zero-order valence-corrected chi connectivity index (χ0v) is 14.0. The first-order valence-corrected chi connectivity index (χ1v) is 8.00. The molecule has 1 aromatic rings. The average molecular weight is 304 g/mol. The molecule has 5 heteroatoms. The Morgan fingerprint density at radius 1 is 1.18 bits per heavy atom. The first-order chi connectivity index (χ1) is 10.6. The van der Waals surface area contributed by atoms with Crippen molar-refractivity contribution in [2.24, 2.45) is 0 Å². The number of nitrogens with zero attached hydrogens (tertiary/aromatic N) is 3. The monoisotopic (exact) mass is 304 g/mol. The summed E-state index contributed by atoms with van der Waals surface area (Å²) in [5, 5.41) is 3.06. The van der Waals surface area contributed by atoms with Crippen LogP contribution in [0.2, 0.25) is 0 Å². The van der Waals surface area contributed by atoms with Gasteiger partial charge < -0.3 is 15.1 Å². The minimum absolute atomic E-state index is 0.0846. The van der Waals surface area contributed by atoms with Crippen LogP contribution in [0.5, 0.6) is 0 Å². The lowest BCUT2D eigenvalue weighted by atomic mass is 10.1. The van der Waals surface area contributed by atoms with Crippen LogP contribution < -0.4 is 5.32 Å². The molecule has 1 aliphatic rings. The predicted molar refractivity (Wildman–Crippen MR) is 90.1 cm³/mol. The molecule has 0 radical (unpaired) electrons. The number of amides is 1. The minimum Gasteiger partial charge on any atom is -0.340 e. The molecule has 1 fully saturated rings. The molecule has 0 bridgehead atoms. The summed E-state index contributed by atoms with van der Waals surface area (Å²) in [4.78, 5) is 18.9. The van der Waals surface area contributed by atoms with E-state index < -0.39 is 0 Å². The molecule has 1 heterocycles. The van der Waals surface area contributed by atoms with Crippen molar-refractivity contribution in [3.8, 4) is 0 Å². The van der Waals surface area contributed by atoms with Gasteiger partial charge in [0.25, 0.3) is 5.91 Å². The van der Waals surface area contributed by atoms with Crippen LogP contribution in [-0.2, 0) is 6.54 Å². The van der Waals surface area contributed by atoms with Gasteiger partial charge in [0, 0.05) is 58.4 Å². The Kier molecular flexibility index (Phi) is 6.36. The largest absolute Gasteiger partial charge is 0.340 e. The topological polar surface area (TPSA) is 38.8 Å². The van der Waals surface area contributed by atoms with E-state index in [1.54, 1.807) is 4.90 Å². The molecular weight excluding hydrogens is 276 g/mol.